The molecule has 3 unspecified atom stereocenters. The van der Waals surface area contributed by atoms with Crippen molar-refractivity contribution in [3.8, 4) is 5.75 Å². The van der Waals surface area contributed by atoms with E-state index in [2.05, 4.69) is 20.9 Å². The Kier molecular flexibility index (Phi) is 6.57. The summed E-state index contributed by atoms with van der Waals surface area (Å²) in [7, 11) is 2.97. The number of methoxy groups -OCH3 is 2. The van der Waals surface area contributed by atoms with Crippen molar-refractivity contribution in [2.45, 2.75) is 31.8 Å². The number of esters is 1. The van der Waals surface area contributed by atoms with Crippen LogP contribution in [-0.2, 0) is 14.3 Å². The van der Waals surface area contributed by atoms with Crippen LogP contribution in [0.1, 0.15) is 31.4 Å². The Hall–Kier alpha value is -2.12. The van der Waals surface area contributed by atoms with Crippen LogP contribution in [-0.4, -0.2) is 38.7 Å². The lowest BCUT2D eigenvalue weighted by Crippen LogP contribution is -2.32. The lowest BCUT2D eigenvalue weighted by Gasteiger charge is -2.21. The molecule has 1 saturated heterocycles. The predicted octanol–water partition coefficient (Wildman–Crippen LogP) is 0.918. The first-order chi connectivity index (χ1) is 11.5. The third-order valence-corrected chi connectivity index (χ3v) is 4.31. The second-order valence-corrected chi connectivity index (χ2v) is 5.87. The highest BCUT2D eigenvalue weighted by atomic mass is 16.5. The Labute approximate surface area is 142 Å². The Morgan fingerprint density at radius 1 is 1.17 bits per heavy atom. The van der Waals surface area contributed by atoms with Crippen LogP contribution >= 0.6 is 0 Å². The molecule has 1 aromatic carbocycles. The van der Waals surface area contributed by atoms with Gasteiger partial charge in [-0.2, -0.15) is 0 Å². The van der Waals surface area contributed by atoms with Gasteiger partial charge in [-0.3, -0.25) is 15.0 Å². The van der Waals surface area contributed by atoms with Crippen molar-refractivity contribution in [2.24, 2.45) is 5.92 Å². The van der Waals surface area contributed by atoms with E-state index in [1.54, 1.807) is 7.11 Å². The van der Waals surface area contributed by atoms with Gasteiger partial charge in [0.2, 0.25) is 5.91 Å². The number of hydrogen-bond donors (Lipinski definition) is 3. The molecule has 3 N–H and O–H groups in total. The maximum atomic E-state index is 12.2. The number of rotatable bonds is 7. The number of benzene rings is 1. The molecule has 132 valence electrons. The van der Waals surface area contributed by atoms with Gasteiger partial charge in [-0.15, -0.1) is 0 Å². The van der Waals surface area contributed by atoms with Crippen molar-refractivity contribution in [1.82, 2.24) is 16.2 Å². The highest BCUT2D eigenvalue weighted by molar-refractivity contribution is 5.77. The molecular weight excluding hydrogens is 310 g/mol. The average molecular weight is 335 g/mol. The summed E-state index contributed by atoms with van der Waals surface area (Å²) < 4.78 is 9.74. The van der Waals surface area contributed by atoms with E-state index in [9.17, 15) is 9.59 Å². The van der Waals surface area contributed by atoms with E-state index >= 15 is 0 Å². The SMILES string of the molecule is COC(=O)CCNC(=O)CC1C(C)NNC1c1ccc(OC)cc1. The van der Waals surface area contributed by atoms with Gasteiger partial charge < -0.3 is 14.8 Å². The van der Waals surface area contributed by atoms with Gasteiger partial charge in [-0.05, 0) is 24.6 Å². The van der Waals surface area contributed by atoms with Crippen LogP contribution in [0.5, 0.6) is 5.75 Å². The molecule has 0 aromatic heterocycles. The molecule has 0 spiro atoms. The first kappa shape index (κ1) is 18.2. The maximum absolute atomic E-state index is 12.2. The molecule has 24 heavy (non-hydrogen) atoms. The largest absolute Gasteiger partial charge is 0.497 e. The normalized spacial score (nSPS) is 22.9. The van der Waals surface area contributed by atoms with E-state index in [4.69, 9.17) is 4.74 Å². The van der Waals surface area contributed by atoms with Crippen LogP contribution in [0, 0.1) is 5.92 Å². The number of hydrazine groups is 1. The average Bonchev–Trinajstić information content (AvgIpc) is 2.95. The van der Waals surface area contributed by atoms with Crippen LogP contribution in [0.2, 0.25) is 0 Å². The number of hydrogen-bond acceptors (Lipinski definition) is 6. The fourth-order valence-corrected chi connectivity index (χ4v) is 2.85. The molecule has 0 bridgehead atoms. The molecule has 0 aliphatic carbocycles. The first-order valence-corrected chi connectivity index (χ1v) is 8.03. The monoisotopic (exact) mass is 335 g/mol. The van der Waals surface area contributed by atoms with Gasteiger partial charge in [-0.25, -0.2) is 5.43 Å². The first-order valence-electron chi connectivity index (χ1n) is 8.03. The zero-order chi connectivity index (χ0) is 17.5. The molecule has 1 aliphatic heterocycles. The number of carbonyl (C=O) groups is 2. The second kappa shape index (κ2) is 8.65. The molecule has 1 fully saturated rings. The molecule has 7 heteroatoms. The summed E-state index contributed by atoms with van der Waals surface area (Å²) in [6, 6.07) is 8.01. The van der Waals surface area contributed by atoms with Gasteiger partial charge in [0.15, 0.2) is 0 Å². The van der Waals surface area contributed by atoms with Crippen LogP contribution in [0.25, 0.3) is 0 Å². The third-order valence-electron chi connectivity index (χ3n) is 4.31. The summed E-state index contributed by atoms with van der Waals surface area (Å²) in [6.45, 7) is 2.34. The minimum absolute atomic E-state index is 0.0391. The summed E-state index contributed by atoms with van der Waals surface area (Å²) in [4.78, 5) is 23.2. The Morgan fingerprint density at radius 2 is 1.88 bits per heavy atom. The Morgan fingerprint density at radius 3 is 2.50 bits per heavy atom. The van der Waals surface area contributed by atoms with E-state index in [1.807, 2.05) is 31.2 Å². The predicted molar refractivity (Wildman–Crippen MR) is 89.2 cm³/mol. The van der Waals surface area contributed by atoms with Crippen molar-refractivity contribution in [2.75, 3.05) is 20.8 Å². The van der Waals surface area contributed by atoms with Crippen molar-refractivity contribution in [3.63, 3.8) is 0 Å². The minimum Gasteiger partial charge on any atom is -0.497 e. The quantitative estimate of drug-likeness (QED) is 0.642. The molecule has 7 nitrogen and oxygen atoms in total. The summed E-state index contributed by atoms with van der Waals surface area (Å²) in [5.41, 5.74) is 7.55. The van der Waals surface area contributed by atoms with Gasteiger partial charge >= 0.3 is 5.97 Å². The lowest BCUT2D eigenvalue weighted by atomic mass is 9.87. The molecule has 1 heterocycles. The molecular formula is C17H25N3O4. The van der Waals surface area contributed by atoms with E-state index in [0.717, 1.165) is 11.3 Å². The van der Waals surface area contributed by atoms with Crippen LogP contribution in [0.4, 0.5) is 0 Å². The smallest absolute Gasteiger partial charge is 0.307 e. The number of carbonyl (C=O) groups excluding carboxylic acids is 2. The Balaban J connectivity index is 1.93. The summed E-state index contributed by atoms with van der Waals surface area (Å²) in [6.07, 6.45) is 0.555. The number of amides is 1. The van der Waals surface area contributed by atoms with E-state index in [-0.39, 0.29) is 36.3 Å². The van der Waals surface area contributed by atoms with Gasteiger partial charge in [0, 0.05) is 24.9 Å². The van der Waals surface area contributed by atoms with Crippen LogP contribution in [0.15, 0.2) is 24.3 Å². The van der Waals surface area contributed by atoms with Crippen molar-refractivity contribution in [1.29, 1.82) is 0 Å². The molecule has 2 rings (SSSR count). The van der Waals surface area contributed by atoms with Crippen molar-refractivity contribution < 1.29 is 19.1 Å². The number of nitrogens with one attached hydrogen (secondary N) is 3. The molecule has 1 aromatic rings. The Bertz CT molecular complexity index is 561. The van der Waals surface area contributed by atoms with E-state index in [0.29, 0.717) is 13.0 Å². The molecule has 1 amide bonds. The fraction of sp³-hybridized carbons (Fsp3) is 0.529. The molecule has 0 radical (unpaired) electrons. The van der Waals surface area contributed by atoms with Gasteiger partial charge in [0.25, 0.3) is 0 Å². The number of ether oxygens (including phenoxy) is 2. The van der Waals surface area contributed by atoms with Crippen molar-refractivity contribution >= 4 is 11.9 Å². The zero-order valence-corrected chi connectivity index (χ0v) is 14.3. The summed E-state index contributed by atoms with van der Waals surface area (Å²) in [5, 5.41) is 2.77. The van der Waals surface area contributed by atoms with E-state index < -0.39 is 0 Å². The topological polar surface area (TPSA) is 88.7 Å². The van der Waals surface area contributed by atoms with Gasteiger partial charge in [-0.1, -0.05) is 12.1 Å². The molecule has 0 saturated carbocycles. The van der Waals surface area contributed by atoms with Gasteiger partial charge in [0.1, 0.15) is 5.75 Å². The van der Waals surface area contributed by atoms with Gasteiger partial charge in [0.05, 0.1) is 26.7 Å². The second-order valence-electron chi connectivity index (χ2n) is 5.87. The van der Waals surface area contributed by atoms with Crippen molar-refractivity contribution in [3.05, 3.63) is 29.8 Å². The summed E-state index contributed by atoms with van der Waals surface area (Å²) in [5.74, 6) is 0.509. The molecule has 3 atom stereocenters. The van der Waals surface area contributed by atoms with Crippen LogP contribution in [0.3, 0.4) is 0 Å². The minimum atomic E-state index is -0.330. The zero-order valence-electron chi connectivity index (χ0n) is 14.3. The summed E-state index contributed by atoms with van der Waals surface area (Å²) >= 11 is 0. The lowest BCUT2D eigenvalue weighted by molar-refractivity contribution is -0.140. The highest BCUT2D eigenvalue weighted by Gasteiger charge is 2.35. The standard InChI is InChI=1S/C17H25N3O4/c1-11-14(10-15(21)18-9-8-16(22)24-3)17(20-19-11)12-4-6-13(23-2)7-5-12/h4-7,11,14,17,19-20H,8-10H2,1-3H3,(H,18,21). The maximum Gasteiger partial charge on any atom is 0.307 e. The van der Waals surface area contributed by atoms with Crippen LogP contribution < -0.4 is 20.9 Å². The fourth-order valence-electron chi connectivity index (χ4n) is 2.85. The third kappa shape index (κ3) is 4.69. The molecule has 1 aliphatic rings. The van der Waals surface area contributed by atoms with E-state index in [1.165, 1.54) is 7.11 Å². The highest BCUT2D eigenvalue weighted by Crippen LogP contribution is 2.32.